The van der Waals surface area contributed by atoms with Crippen LogP contribution in [-0.2, 0) is 4.74 Å². The molecule has 0 bridgehead atoms. The maximum atomic E-state index is 6.08. The van der Waals surface area contributed by atoms with Crippen molar-refractivity contribution in [1.29, 1.82) is 0 Å². The molecule has 20 heavy (non-hydrogen) atoms. The molecule has 0 aromatic rings. The quantitative estimate of drug-likeness (QED) is 0.614. The minimum Gasteiger partial charge on any atom is -0.377 e. The molecule has 4 nitrogen and oxygen atoms in total. The Balaban J connectivity index is 1.52. The third-order valence-electron chi connectivity index (χ3n) is 5.28. The van der Waals surface area contributed by atoms with E-state index in [1.807, 2.05) is 0 Å². The van der Waals surface area contributed by atoms with Crippen LogP contribution in [0.4, 0.5) is 0 Å². The number of guanidine groups is 1. The number of nitrogens with two attached hydrogens (primary N) is 1. The van der Waals surface area contributed by atoms with Gasteiger partial charge in [0.1, 0.15) is 0 Å². The van der Waals surface area contributed by atoms with E-state index in [4.69, 9.17) is 10.5 Å². The van der Waals surface area contributed by atoms with Crippen molar-refractivity contribution in [2.24, 2.45) is 22.1 Å². The van der Waals surface area contributed by atoms with Crippen LogP contribution in [0.15, 0.2) is 4.99 Å². The molecule has 3 rings (SSSR count). The van der Waals surface area contributed by atoms with Gasteiger partial charge in [0.15, 0.2) is 5.96 Å². The van der Waals surface area contributed by atoms with E-state index in [1.165, 1.54) is 44.9 Å². The van der Waals surface area contributed by atoms with Gasteiger partial charge in [-0.25, -0.2) is 0 Å². The summed E-state index contributed by atoms with van der Waals surface area (Å²) >= 11 is 0. The van der Waals surface area contributed by atoms with Crippen LogP contribution in [-0.4, -0.2) is 31.3 Å². The van der Waals surface area contributed by atoms with Gasteiger partial charge in [-0.3, -0.25) is 4.99 Å². The van der Waals surface area contributed by atoms with Gasteiger partial charge in [0.25, 0.3) is 0 Å². The normalized spacial score (nSPS) is 36.2. The van der Waals surface area contributed by atoms with Crippen LogP contribution < -0.4 is 11.1 Å². The lowest BCUT2D eigenvalue weighted by molar-refractivity contribution is 0.0424. The fraction of sp³-hybridized carbons (Fsp3) is 0.938. The van der Waals surface area contributed by atoms with Crippen molar-refractivity contribution >= 4 is 5.96 Å². The van der Waals surface area contributed by atoms with Gasteiger partial charge < -0.3 is 15.8 Å². The molecule has 3 N–H and O–H groups in total. The second-order valence-electron chi connectivity index (χ2n) is 7.21. The third-order valence-corrected chi connectivity index (χ3v) is 5.28. The number of aliphatic imine (C=N–C) groups is 1. The Labute approximate surface area is 122 Å². The number of hydrogen-bond donors (Lipinski definition) is 2. The summed E-state index contributed by atoms with van der Waals surface area (Å²) in [4.78, 5) is 4.64. The molecule has 2 atom stereocenters. The van der Waals surface area contributed by atoms with E-state index in [0.29, 0.717) is 18.1 Å². The van der Waals surface area contributed by atoms with Gasteiger partial charge >= 0.3 is 0 Å². The summed E-state index contributed by atoms with van der Waals surface area (Å²) in [5.41, 5.74) is 6.27. The Hall–Kier alpha value is -0.770. The lowest BCUT2D eigenvalue weighted by Crippen LogP contribution is -2.42. The molecule has 3 aliphatic rings. The molecule has 0 spiro atoms. The number of nitrogens with zero attached hydrogens (tertiary/aromatic N) is 1. The van der Waals surface area contributed by atoms with Crippen LogP contribution in [0.5, 0.6) is 0 Å². The maximum Gasteiger partial charge on any atom is 0.188 e. The molecule has 1 heterocycles. The van der Waals surface area contributed by atoms with Crippen LogP contribution in [0.1, 0.15) is 58.3 Å². The Kier molecular flexibility index (Phi) is 4.20. The van der Waals surface area contributed by atoms with Crippen molar-refractivity contribution in [1.82, 2.24) is 5.32 Å². The predicted molar refractivity (Wildman–Crippen MR) is 81.7 cm³/mol. The SMILES string of the molecule is CC1(CN=C(N)NC2CCCCC2)CCOC1C1CC1. The van der Waals surface area contributed by atoms with E-state index in [1.54, 1.807) is 0 Å². The Bertz CT molecular complexity index is 361. The molecular formula is C16H29N3O. The second-order valence-corrected chi connectivity index (χ2v) is 7.21. The van der Waals surface area contributed by atoms with E-state index in [9.17, 15) is 0 Å². The molecule has 0 aromatic heterocycles. The van der Waals surface area contributed by atoms with Crippen LogP contribution in [0.3, 0.4) is 0 Å². The van der Waals surface area contributed by atoms with Gasteiger partial charge in [-0.2, -0.15) is 0 Å². The van der Waals surface area contributed by atoms with Crippen molar-refractivity contribution in [2.75, 3.05) is 13.2 Å². The number of ether oxygens (including phenoxy) is 1. The fourth-order valence-corrected chi connectivity index (χ4v) is 3.80. The van der Waals surface area contributed by atoms with E-state index in [-0.39, 0.29) is 5.41 Å². The van der Waals surface area contributed by atoms with Crippen LogP contribution >= 0.6 is 0 Å². The van der Waals surface area contributed by atoms with Gasteiger partial charge in [0.05, 0.1) is 12.6 Å². The molecule has 1 saturated heterocycles. The van der Waals surface area contributed by atoms with E-state index < -0.39 is 0 Å². The van der Waals surface area contributed by atoms with Gasteiger partial charge in [0.2, 0.25) is 0 Å². The first-order valence-corrected chi connectivity index (χ1v) is 8.35. The summed E-state index contributed by atoms with van der Waals surface area (Å²) < 4.78 is 5.94. The molecule has 4 heteroatoms. The molecule has 2 aliphatic carbocycles. The largest absolute Gasteiger partial charge is 0.377 e. The highest BCUT2D eigenvalue weighted by Crippen LogP contribution is 2.47. The Morgan fingerprint density at radius 3 is 2.70 bits per heavy atom. The summed E-state index contributed by atoms with van der Waals surface area (Å²) in [6.07, 6.45) is 10.7. The molecule has 0 aromatic carbocycles. The molecule has 2 saturated carbocycles. The van der Waals surface area contributed by atoms with Crippen molar-refractivity contribution in [3.63, 3.8) is 0 Å². The van der Waals surface area contributed by atoms with Crippen LogP contribution in [0, 0.1) is 11.3 Å². The molecule has 0 amide bonds. The summed E-state index contributed by atoms with van der Waals surface area (Å²) in [7, 11) is 0. The monoisotopic (exact) mass is 279 g/mol. The average molecular weight is 279 g/mol. The minimum atomic E-state index is 0.194. The maximum absolute atomic E-state index is 6.08. The number of hydrogen-bond acceptors (Lipinski definition) is 2. The van der Waals surface area contributed by atoms with Crippen LogP contribution in [0.2, 0.25) is 0 Å². The average Bonchev–Trinajstić information content (AvgIpc) is 3.21. The van der Waals surface area contributed by atoms with Crippen molar-refractivity contribution in [3.05, 3.63) is 0 Å². The highest BCUT2D eigenvalue weighted by molar-refractivity contribution is 5.78. The number of rotatable bonds is 4. The van der Waals surface area contributed by atoms with Crippen LogP contribution in [0.25, 0.3) is 0 Å². The first kappa shape index (κ1) is 14.2. The Morgan fingerprint density at radius 2 is 2.00 bits per heavy atom. The minimum absolute atomic E-state index is 0.194. The molecule has 0 radical (unpaired) electrons. The smallest absolute Gasteiger partial charge is 0.188 e. The molecule has 3 fully saturated rings. The summed E-state index contributed by atoms with van der Waals surface area (Å²) in [5, 5.41) is 3.41. The third kappa shape index (κ3) is 3.27. The highest BCUT2D eigenvalue weighted by Gasteiger charge is 2.47. The number of nitrogens with one attached hydrogen (secondary N) is 1. The lowest BCUT2D eigenvalue weighted by Gasteiger charge is -2.29. The molecular weight excluding hydrogens is 250 g/mol. The highest BCUT2D eigenvalue weighted by atomic mass is 16.5. The molecule has 2 unspecified atom stereocenters. The molecule has 114 valence electrons. The summed E-state index contributed by atoms with van der Waals surface area (Å²) in [5.74, 6) is 1.42. The first-order chi connectivity index (χ1) is 9.67. The predicted octanol–water partition coefficient (Wildman–Crippen LogP) is 2.43. The standard InChI is InChI=1S/C16H29N3O/c1-16(9-10-20-14(16)12-7-8-12)11-18-15(17)19-13-5-3-2-4-6-13/h12-14H,2-11H2,1H3,(H3,17,18,19). The van der Waals surface area contributed by atoms with Gasteiger partial charge in [-0.1, -0.05) is 26.2 Å². The van der Waals surface area contributed by atoms with E-state index >= 15 is 0 Å². The summed E-state index contributed by atoms with van der Waals surface area (Å²) in [6, 6.07) is 0.541. The van der Waals surface area contributed by atoms with Crippen molar-refractivity contribution in [3.8, 4) is 0 Å². The van der Waals surface area contributed by atoms with Gasteiger partial charge in [0, 0.05) is 18.1 Å². The zero-order valence-corrected chi connectivity index (χ0v) is 12.7. The van der Waals surface area contributed by atoms with Crippen molar-refractivity contribution in [2.45, 2.75) is 70.4 Å². The van der Waals surface area contributed by atoms with E-state index in [0.717, 1.165) is 25.5 Å². The van der Waals surface area contributed by atoms with E-state index in [2.05, 4.69) is 17.2 Å². The first-order valence-electron chi connectivity index (χ1n) is 8.35. The zero-order chi connectivity index (χ0) is 14.0. The lowest BCUT2D eigenvalue weighted by atomic mass is 9.81. The fourth-order valence-electron chi connectivity index (χ4n) is 3.80. The molecule has 1 aliphatic heterocycles. The van der Waals surface area contributed by atoms with Crippen molar-refractivity contribution < 1.29 is 4.74 Å². The van der Waals surface area contributed by atoms with Gasteiger partial charge in [-0.15, -0.1) is 0 Å². The van der Waals surface area contributed by atoms with Gasteiger partial charge in [-0.05, 0) is 38.0 Å². The Morgan fingerprint density at radius 1 is 1.25 bits per heavy atom. The topological polar surface area (TPSA) is 59.6 Å². The summed E-state index contributed by atoms with van der Waals surface area (Å²) in [6.45, 7) is 4.02. The second kappa shape index (κ2) is 5.92. The zero-order valence-electron chi connectivity index (χ0n) is 12.7.